The van der Waals surface area contributed by atoms with E-state index in [1.807, 2.05) is 82.5 Å². The third-order valence-corrected chi connectivity index (χ3v) is 5.77. The van der Waals surface area contributed by atoms with Gasteiger partial charge in [-0.1, -0.05) is 66.7 Å². The lowest BCUT2D eigenvalue weighted by Gasteiger charge is -2.35. The van der Waals surface area contributed by atoms with E-state index < -0.39 is 0 Å². The van der Waals surface area contributed by atoms with Gasteiger partial charge in [-0.2, -0.15) is 5.10 Å². The first-order valence-electron chi connectivity index (χ1n) is 10.9. The van der Waals surface area contributed by atoms with Crippen molar-refractivity contribution in [2.75, 3.05) is 31.1 Å². The quantitative estimate of drug-likeness (QED) is 0.488. The van der Waals surface area contributed by atoms with E-state index in [0.717, 1.165) is 35.7 Å². The highest BCUT2D eigenvalue weighted by atomic mass is 16.2. The molecule has 6 heteroatoms. The minimum atomic E-state index is 0.0313. The first kappa shape index (κ1) is 20.0. The van der Waals surface area contributed by atoms with Gasteiger partial charge in [-0.05, 0) is 17.7 Å². The number of aromatic nitrogens is 3. The molecule has 0 N–H and O–H groups in total. The zero-order valence-corrected chi connectivity index (χ0v) is 17.8. The Bertz CT molecular complexity index is 1170. The van der Waals surface area contributed by atoms with Crippen molar-refractivity contribution in [1.29, 1.82) is 0 Å². The van der Waals surface area contributed by atoms with E-state index in [9.17, 15) is 4.79 Å². The third-order valence-electron chi connectivity index (χ3n) is 5.77. The van der Waals surface area contributed by atoms with E-state index in [0.29, 0.717) is 25.2 Å². The molecule has 1 amide bonds. The number of piperazine rings is 1. The van der Waals surface area contributed by atoms with Gasteiger partial charge in [-0.25, -0.2) is 4.98 Å². The molecule has 4 aromatic rings. The highest BCUT2D eigenvalue weighted by Crippen LogP contribution is 2.24. The molecule has 32 heavy (non-hydrogen) atoms. The molecule has 1 saturated heterocycles. The molecule has 2 aromatic carbocycles. The van der Waals surface area contributed by atoms with Gasteiger partial charge in [0.15, 0.2) is 0 Å². The maximum absolute atomic E-state index is 13.5. The third kappa shape index (κ3) is 4.25. The predicted octanol–water partition coefficient (Wildman–Crippen LogP) is 3.96. The van der Waals surface area contributed by atoms with Crippen LogP contribution in [0.15, 0.2) is 91.3 Å². The molecule has 0 unspecified atom stereocenters. The van der Waals surface area contributed by atoms with Crippen molar-refractivity contribution in [3.8, 4) is 11.3 Å². The lowest BCUT2D eigenvalue weighted by Crippen LogP contribution is -2.49. The minimum absolute atomic E-state index is 0.0313. The van der Waals surface area contributed by atoms with Gasteiger partial charge in [0.05, 0.1) is 12.1 Å². The van der Waals surface area contributed by atoms with Gasteiger partial charge in [0.1, 0.15) is 11.5 Å². The lowest BCUT2D eigenvalue weighted by molar-refractivity contribution is 0.0747. The van der Waals surface area contributed by atoms with E-state index in [-0.39, 0.29) is 5.91 Å². The maximum atomic E-state index is 13.5. The zero-order valence-electron chi connectivity index (χ0n) is 17.8. The second-order valence-corrected chi connectivity index (χ2v) is 7.91. The predicted molar refractivity (Wildman–Crippen MR) is 126 cm³/mol. The monoisotopic (exact) mass is 423 g/mol. The molecule has 1 fully saturated rings. The molecule has 1 aliphatic heterocycles. The number of carbonyl (C=O) groups is 1. The van der Waals surface area contributed by atoms with Crippen molar-refractivity contribution < 1.29 is 4.79 Å². The van der Waals surface area contributed by atoms with Crippen LogP contribution in [0.3, 0.4) is 0 Å². The largest absolute Gasteiger partial charge is 0.353 e. The van der Waals surface area contributed by atoms with Crippen molar-refractivity contribution in [2.45, 2.75) is 6.54 Å². The number of pyridine rings is 1. The summed E-state index contributed by atoms with van der Waals surface area (Å²) < 4.78 is 1.87. The van der Waals surface area contributed by atoms with Gasteiger partial charge < -0.3 is 9.80 Å². The molecule has 0 aliphatic carbocycles. The zero-order chi connectivity index (χ0) is 21.8. The Morgan fingerprint density at radius 3 is 2.19 bits per heavy atom. The first-order valence-corrected chi connectivity index (χ1v) is 10.9. The van der Waals surface area contributed by atoms with E-state index in [4.69, 9.17) is 5.10 Å². The van der Waals surface area contributed by atoms with E-state index >= 15 is 0 Å². The SMILES string of the molecule is O=C(c1cn(Cc2ccccc2)nc1-c1ccccc1)N1CCN(c2ccccn2)CC1. The standard InChI is InChI=1S/C26H25N5O/c32-26(30-17-15-29(16-18-30)24-13-7-8-14-27-24)23-20-31(19-21-9-3-1-4-10-21)28-25(23)22-11-5-2-6-12-22/h1-14,20H,15-19H2. The van der Waals surface area contributed by atoms with Crippen molar-refractivity contribution >= 4 is 11.7 Å². The summed E-state index contributed by atoms with van der Waals surface area (Å²) in [5, 5.41) is 4.80. The van der Waals surface area contributed by atoms with E-state index in [1.165, 1.54) is 0 Å². The van der Waals surface area contributed by atoms with Crippen LogP contribution in [0, 0.1) is 0 Å². The maximum Gasteiger partial charge on any atom is 0.257 e. The fourth-order valence-corrected chi connectivity index (χ4v) is 4.09. The molecule has 6 nitrogen and oxygen atoms in total. The summed E-state index contributed by atoms with van der Waals surface area (Å²) in [6.45, 7) is 3.48. The van der Waals surface area contributed by atoms with Crippen molar-refractivity contribution in [3.63, 3.8) is 0 Å². The summed E-state index contributed by atoms with van der Waals surface area (Å²) in [6, 6.07) is 26.0. The molecular weight excluding hydrogens is 398 g/mol. The first-order chi connectivity index (χ1) is 15.8. The molecule has 0 bridgehead atoms. The van der Waals surface area contributed by atoms with Gasteiger partial charge in [0, 0.05) is 44.1 Å². The summed E-state index contributed by atoms with van der Waals surface area (Å²) in [5.41, 5.74) is 3.49. The van der Waals surface area contributed by atoms with Crippen LogP contribution in [0.25, 0.3) is 11.3 Å². The Morgan fingerprint density at radius 2 is 1.50 bits per heavy atom. The number of rotatable bonds is 5. The molecule has 3 heterocycles. The molecule has 1 aliphatic rings. The van der Waals surface area contributed by atoms with Crippen LogP contribution in [-0.4, -0.2) is 51.8 Å². The fraction of sp³-hybridized carbons (Fsp3) is 0.192. The number of nitrogens with zero attached hydrogens (tertiary/aromatic N) is 5. The molecule has 0 saturated carbocycles. The Hall–Kier alpha value is -3.93. The van der Waals surface area contributed by atoms with Gasteiger partial charge in [0.2, 0.25) is 0 Å². The highest BCUT2D eigenvalue weighted by molar-refractivity contribution is 6.00. The smallest absolute Gasteiger partial charge is 0.257 e. The molecule has 0 spiro atoms. The number of amides is 1. The van der Waals surface area contributed by atoms with Crippen molar-refractivity contribution in [2.24, 2.45) is 0 Å². The van der Waals surface area contributed by atoms with Crippen LogP contribution < -0.4 is 4.90 Å². The molecule has 5 rings (SSSR count). The summed E-state index contributed by atoms with van der Waals surface area (Å²) in [7, 11) is 0. The Balaban J connectivity index is 1.38. The number of anilines is 1. The second kappa shape index (κ2) is 9.06. The minimum Gasteiger partial charge on any atom is -0.353 e. The van der Waals surface area contributed by atoms with E-state index in [2.05, 4.69) is 22.0 Å². The van der Waals surface area contributed by atoms with Gasteiger partial charge in [0.25, 0.3) is 5.91 Å². The number of benzene rings is 2. The van der Waals surface area contributed by atoms with Crippen LogP contribution in [0.5, 0.6) is 0 Å². The Kier molecular flexibility index (Phi) is 5.66. The van der Waals surface area contributed by atoms with Crippen LogP contribution in [0.2, 0.25) is 0 Å². The van der Waals surface area contributed by atoms with Gasteiger partial charge in [-0.3, -0.25) is 9.48 Å². The average molecular weight is 424 g/mol. The Morgan fingerprint density at radius 1 is 0.812 bits per heavy atom. The van der Waals surface area contributed by atoms with Crippen LogP contribution in [0.1, 0.15) is 15.9 Å². The van der Waals surface area contributed by atoms with E-state index in [1.54, 1.807) is 6.20 Å². The number of hydrogen-bond acceptors (Lipinski definition) is 4. The summed E-state index contributed by atoms with van der Waals surface area (Å²) in [5.74, 6) is 0.990. The van der Waals surface area contributed by atoms with Gasteiger partial charge >= 0.3 is 0 Å². The van der Waals surface area contributed by atoms with Crippen LogP contribution in [-0.2, 0) is 6.54 Å². The Labute approximate surface area is 187 Å². The lowest BCUT2D eigenvalue weighted by atomic mass is 10.1. The number of carbonyl (C=O) groups excluding carboxylic acids is 1. The number of hydrogen-bond donors (Lipinski definition) is 0. The molecule has 0 radical (unpaired) electrons. The van der Waals surface area contributed by atoms with Crippen LogP contribution >= 0.6 is 0 Å². The summed E-state index contributed by atoms with van der Waals surface area (Å²) in [4.78, 5) is 22.1. The summed E-state index contributed by atoms with van der Waals surface area (Å²) in [6.07, 6.45) is 3.70. The summed E-state index contributed by atoms with van der Waals surface area (Å²) >= 11 is 0. The van der Waals surface area contributed by atoms with Crippen molar-refractivity contribution in [1.82, 2.24) is 19.7 Å². The molecule has 2 aromatic heterocycles. The van der Waals surface area contributed by atoms with Crippen LogP contribution in [0.4, 0.5) is 5.82 Å². The topological polar surface area (TPSA) is 54.3 Å². The average Bonchev–Trinajstić information content (AvgIpc) is 3.29. The fourth-order valence-electron chi connectivity index (χ4n) is 4.09. The normalized spacial score (nSPS) is 13.9. The second-order valence-electron chi connectivity index (χ2n) is 7.91. The highest BCUT2D eigenvalue weighted by Gasteiger charge is 2.26. The van der Waals surface area contributed by atoms with Gasteiger partial charge in [-0.15, -0.1) is 0 Å². The molecule has 160 valence electrons. The van der Waals surface area contributed by atoms with Crippen molar-refractivity contribution in [3.05, 3.63) is 102 Å². The molecule has 0 atom stereocenters. The molecular formula is C26H25N5O.